The molecule has 2 atom stereocenters. The summed E-state index contributed by atoms with van der Waals surface area (Å²) >= 11 is 6.31. The molecule has 1 unspecified atom stereocenters. The molecule has 3 aromatic carbocycles. The van der Waals surface area contributed by atoms with Crippen LogP contribution in [0, 0.1) is 18.6 Å². The number of phenols is 1. The molecule has 0 spiro atoms. The van der Waals surface area contributed by atoms with Gasteiger partial charge in [-0.15, -0.1) is 0 Å². The lowest BCUT2D eigenvalue weighted by molar-refractivity contribution is -0.137. The first-order chi connectivity index (χ1) is 34.9. The topological polar surface area (TPSA) is 221 Å². The Labute approximate surface area is 421 Å². The monoisotopic (exact) mass is 1010 g/mol. The second kappa shape index (κ2) is 20.1. The van der Waals surface area contributed by atoms with Crippen LogP contribution in [0.4, 0.5) is 25.1 Å². The summed E-state index contributed by atoms with van der Waals surface area (Å²) in [6.07, 6.45) is 1.99. The molecule has 3 aromatic heterocycles. The van der Waals surface area contributed by atoms with Crippen molar-refractivity contribution in [1.29, 1.82) is 0 Å². The van der Waals surface area contributed by atoms with Gasteiger partial charge in [-0.25, -0.2) is 27.9 Å². The molecule has 2 fully saturated rings. The second-order valence-electron chi connectivity index (χ2n) is 18.4. The Morgan fingerprint density at radius 3 is 2.53 bits per heavy atom. The molecule has 0 saturated carbocycles. The number of benzene rings is 3. The molecule has 9 rings (SSSR count). The van der Waals surface area contributed by atoms with E-state index >= 15 is 8.78 Å². The maximum atomic E-state index is 16.3. The fourth-order valence-electron chi connectivity index (χ4n) is 9.45. The number of carbonyl (C=O) groups excluding carboxylic acids is 5. The Hall–Kier alpha value is -8.26. The summed E-state index contributed by atoms with van der Waals surface area (Å²) in [5, 5.41) is 18.9. The van der Waals surface area contributed by atoms with Crippen LogP contribution in [0.1, 0.15) is 72.3 Å². The molecule has 4 N–H and O–H groups in total. The lowest BCUT2D eigenvalue weighted by Crippen LogP contribution is -2.54. The zero-order chi connectivity index (χ0) is 52.0. The minimum Gasteiger partial charge on any atom is -0.507 e. The van der Waals surface area contributed by atoms with Crippen LogP contribution in [0.15, 0.2) is 89.9 Å². The number of aromatic nitrogens is 4. The number of piperidine rings is 1. The van der Waals surface area contributed by atoms with Crippen molar-refractivity contribution >= 4 is 63.8 Å². The molecule has 0 bridgehead atoms. The van der Waals surface area contributed by atoms with Gasteiger partial charge in [-0.2, -0.15) is 4.98 Å². The average Bonchev–Trinajstić information content (AvgIpc) is 3.67. The van der Waals surface area contributed by atoms with Crippen LogP contribution in [0.3, 0.4) is 0 Å². The first-order valence-electron chi connectivity index (χ1n) is 23.4. The Morgan fingerprint density at radius 1 is 1.00 bits per heavy atom. The van der Waals surface area contributed by atoms with Crippen LogP contribution < -0.4 is 31.3 Å². The van der Waals surface area contributed by atoms with Crippen molar-refractivity contribution < 1.29 is 42.6 Å². The lowest BCUT2D eigenvalue weighted by atomic mass is 10.0. The number of pyridine rings is 2. The van der Waals surface area contributed by atoms with Crippen molar-refractivity contribution in [3.8, 4) is 28.4 Å². The maximum absolute atomic E-state index is 16.3. The highest BCUT2D eigenvalue weighted by Gasteiger charge is 2.39. The summed E-state index contributed by atoms with van der Waals surface area (Å²) in [7, 11) is 0. The summed E-state index contributed by atoms with van der Waals surface area (Å²) in [5.74, 6) is -3.92. The smallest absolute Gasteiger partial charge is 0.355 e. The van der Waals surface area contributed by atoms with Crippen molar-refractivity contribution in [3.63, 3.8) is 0 Å². The molecule has 73 heavy (non-hydrogen) atoms. The molecule has 376 valence electrons. The molecule has 6 amide bonds. The largest absolute Gasteiger partial charge is 0.507 e. The highest BCUT2D eigenvalue weighted by molar-refractivity contribution is 6.31. The number of anilines is 2. The second-order valence-corrected chi connectivity index (χ2v) is 18.9. The maximum Gasteiger partial charge on any atom is 0.355 e. The zero-order valence-corrected chi connectivity index (χ0v) is 40.8. The quantitative estimate of drug-likeness (QED) is 0.0747. The summed E-state index contributed by atoms with van der Waals surface area (Å²) < 4.78 is 38.8. The van der Waals surface area contributed by atoms with Gasteiger partial charge < -0.3 is 35.2 Å². The fraction of sp³-hybridized carbons (Fsp3) is 0.288. The number of amides is 6. The Balaban J connectivity index is 0.872. The van der Waals surface area contributed by atoms with Crippen molar-refractivity contribution in [1.82, 2.24) is 40.0 Å². The number of ether oxygens (including phenoxy) is 1. The van der Waals surface area contributed by atoms with Gasteiger partial charge in [0, 0.05) is 67.5 Å². The lowest BCUT2D eigenvalue weighted by Gasteiger charge is -2.41. The molecule has 18 nitrogen and oxygen atoms in total. The Morgan fingerprint density at radius 2 is 1.79 bits per heavy atom. The average molecular weight is 1020 g/mol. The highest BCUT2D eigenvalue weighted by atomic mass is 35.5. The first-order valence-corrected chi connectivity index (χ1v) is 23.8. The van der Waals surface area contributed by atoms with E-state index in [9.17, 15) is 33.9 Å². The number of aryl methyl sites for hydroxylation is 1. The highest BCUT2D eigenvalue weighted by Crippen LogP contribution is 2.37. The van der Waals surface area contributed by atoms with E-state index in [0.717, 1.165) is 12.1 Å². The molecule has 6 aromatic rings. The van der Waals surface area contributed by atoms with Gasteiger partial charge in [0.2, 0.25) is 11.8 Å². The van der Waals surface area contributed by atoms with E-state index in [1.165, 1.54) is 33.7 Å². The number of nitrogens with one attached hydrogen (secondary N) is 3. The predicted molar refractivity (Wildman–Crippen MR) is 267 cm³/mol. The van der Waals surface area contributed by atoms with E-state index in [-0.39, 0.29) is 104 Å². The van der Waals surface area contributed by atoms with E-state index < -0.39 is 64.3 Å². The number of imide groups is 1. The third kappa shape index (κ3) is 9.76. The fourth-order valence-corrected chi connectivity index (χ4v) is 9.62. The van der Waals surface area contributed by atoms with E-state index in [1.807, 2.05) is 20.8 Å². The van der Waals surface area contributed by atoms with E-state index in [1.54, 1.807) is 53.3 Å². The number of halogens is 3. The van der Waals surface area contributed by atoms with Crippen LogP contribution >= 0.6 is 11.6 Å². The van der Waals surface area contributed by atoms with E-state index in [2.05, 4.69) is 37.5 Å². The number of hydrogen-bond donors (Lipinski definition) is 4. The molecular weight excluding hydrogens is 966 g/mol. The molecule has 6 heterocycles. The number of urea groups is 1. The Kier molecular flexibility index (Phi) is 13.7. The molecule has 0 radical (unpaired) electrons. The molecule has 0 aliphatic carbocycles. The van der Waals surface area contributed by atoms with Gasteiger partial charge in [0.05, 0.1) is 28.0 Å². The predicted octanol–water partition coefficient (Wildman–Crippen LogP) is 6.67. The van der Waals surface area contributed by atoms with Crippen LogP contribution in [-0.2, 0) is 27.5 Å². The number of aromatic hydroxyl groups is 1. The van der Waals surface area contributed by atoms with Crippen molar-refractivity contribution in [2.75, 3.05) is 36.5 Å². The van der Waals surface area contributed by atoms with Gasteiger partial charge in [-0.1, -0.05) is 50.2 Å². The van der Waals surface area contributed by atoms with Gasteiger partial charge >= 0.3 is 11.7 Å². The van der Waals surface area contributed by atoms with Crippen molar-refractivity contribution in [2.24, 2.45) is 0 Å². The number of nitrogens with zero attached hydrogens (tertiary/aromatic N) is 7. The van der Waals surface area contributed by atoms with Gasteiger partial charge in [0.25, 0.3) is 11.8 Å². The van der Waals surface area contributed by atoms with E-state index in [0.29, 0.717) is 38.7 Å². The number of hydrogen-bond acceptors (Lipinski definition) is 12. The summed E-state index contributed by atoms with van der Waals surface area (Å²) in [6, 6.07) is 14.2. The number of fused-ring (bicyclic) bond motifs is 2. The van der Waals surface area contributed by atoms with E-state index in [4.69, 9.17) is 16.3 Å². The zero-order valence-electron chi connectivity index (χ0n) is 40.1. The van der Waals surface area contributed by atoms with Crippen LogP contribution in [0.2, 0.25) is 5.02 Å². The number of rotatable bonds is 12. The third-order valence-electron chi connectivity index (χ3n) is 13.1. The van der Waals surface area contributed by atoms with Crippen LogP contribution in [0.5, 0.6) is 11.5 Å². The molecule has 3 aliphatic rings. The Bertz CT molecular complexity index is 3350. The minimum absolute atomic E-state index is 0.0452. The van der Waals surface area contributed by atoms with Crippen molar-refractivity contribution in [2.45, 2.75) is 71.6 Å². The van der Waals surface area contributed by atoms with Crippen LogP contribution in [-0.4, -0.2) is 102 Å². The van der Waals surface area contributed by atoms with Gasteiger partial charge in [0.1, 0.15) is 41.5 Å². The molecule has 21 heteroatoms. The van der Waals surface area contributed by atoms with Gasteiger partial charge in [-0.3, -0.25) is 29.5 Å². The van der Waals surface area contributed by atoms with Crippen molar-refractivity contribution in [3.05, 3.63) is 140 Å². The molecule has 3 aliphatic heterocycles. The summed E-state index contributed by atoms with van der Waals surface area (Å²) in [4.78, 5) is 97.1. The van der Waals surface area contributed by atoms with Crippen LogP contribution in [0.25, 0.3) is 28.0 Å². The summed E-state index contributed by atoms with van der Waals surface area (Å²) in [6.45, 7) is 11.8. The number of piperazine rings is 1. The molecule has 2 saturated heterocycles. The standard InChI is InChI=1S/C52H49ClF2N10O8/c1-26(2)43-45(27(3)15-16-56-43)65-47-34(21-36(55)44(60-47)42-35(54)7-6-8-39(42)66)46(61-52(65)72)63-18-17-62(23-29(63)5)49(69)28(4)25-73-40-13-10-32(53)20-37(40)58-51(71)57-22-30-9-11-33-31(19-30)24-64(50(33)70)38-12-14-41(67)59-48(38)68/h6-11,13,15-16,19-21,26,29,38,66H,4,12,14,17-18,22-25H2,1-3,5H3,(H2,57,58,71)(H,59,67,68)/t29-,38?/m0/s1. The molecular formula is C52H49ClF2N10O8. The third-order valence-corrected chi connectivity index (χ3v) is 13.3. The van der Waals surface area contributed by atoms with Gasteiger partial charge in [0.15, 0.2) is 11.5 Å². The number of carbonyl (C=O) groups is 5. The first kappa shape index (κ1) is 49.7. The SMILES string of the molecule is C=C(COc1ccc(Cl)cc1NC(=O)NCc1ccc2c(c1)CN(C1CCC(=O)NC1=O)C2=O)C(=O)N1CCN(c2nc(=O)n(-c3c(C)ccnc3C(C)C)c3nc(-c4c(O)cccc4F)c(F)cc23)[C@@H](C)C1. The minimum atomic E-state index is -0.969. The number of phenolic OH excluding ortho intramolecular Hbond substituents is 1. The normalized spacial score (nSPS) is 16.7. The summed E-state index contributed by atoms with van der Waals surface area (Å²) in [5.41, 5.74) is 1.92. The van der Waals surface area contributed by atoms with Gasteiger partial charge in [-0.05, 0) is 91.4 Å².